The first-order valence-corrected chi connectivity index (χ1v) is 7.79. The third kappa shape index (κ3) is 3.40. The van der Waals surface area contributed by atoms with E-state index >= 15 is 0 Å². The van der Waals surface area contributed by atoms with Crippen molar-refractivity contribution in [2.45, 2.75) is 6.61 Å². The molecule has 0 aliphatic heterocycles. The summed E-state index contributed by atoms with van der Waals surface area (Å²) < 4.78 is 8.25. The maximum absolute atomic E-state index is 6.07. The van der Waals surface area contributed by atoms with E-state index in [1.807, 2.05) is 24.3 Å². The van der Waals surface area contributed by atoms with Crippen LogP contribution in [-0.2, 0) is 6.61 Å². The van der Waals surface area contributed by atoms with Crippen molar-refractivity contribution in [1.29, 1.82) is 0 Å². The van der Waals surface area contributed by atoms with Crippen LogP contribution in [0, 0.1) is 0 Å². The van der Waals surface area contributed by atoms with Crippen molar-refractivity contribution in [1.82, 2.24) is 20.2 Å². The molecular weight excluding hydrogens is 391 g/mol. The lowest BCUT2D eigenvalue weighted by Crippen LogP contribution is -2.07. The molecule has 1 heterocycles. The Labute approximate surface area is 144 Å². The third-order valence-corrected chi connectivity index (χ3v) is 3.92. The molecular formula is C14H9BrCl2N4O. The number of halogens is 3. The highest BCUT2D eigenvalue weighted by Gasteiger charge is 2.10. The van der Waals surface area contributed by atoms with Crippen LogP contribution in [0.3, 0.4) is 0 Å². The van der Waals surface area contributed by atoms with Crippen LogP contribution >= 0.6 is 39.1 Å². The molecule has 0 fully saturated rings. The van der Waals surface area contributed by atoms with E-state index < -0.39 is 0 Å². The maximum atomic E-state index is 6.07. The fourth-order valence-corrected chi connectivity index (χ4v) is 2.54. The standard InChI is InChI=1S/C14H9BrCl2N4O/c15-9-1-4-11(5-2-9)21-14(18-19-20-21)8-22-13-6-3-10(16)7-12(13)17/h1-7H,8H2. The Balaban J connectivity index is 1.79. The van der Waals surface area contributed by atoms with Gasteiger partial charge in [-0.15, -0.1) is 5.10 Å². The molecule has 3 aromatic rings. The zero-order valence-electron chi connectivity index (χ0n) is 11.1. The zero-order chi connectivity index (χ0) is 15.5. The van der Waals surface area contributed by atoms with Crippen LogP contribution in [-0.4, -0.2) is 20.2 Å². The van der Waals surface area contributed by atoms with Gasteiger partial charge in [0.2, 0.25) is 0 Å². The SMILES string of the molecule is Clc1ccc(OCc2nnnn2-c2ccc(Br)cc2)c(Cl)c1. The first-order chi connectivity index (χ1) is 10.6. The third-order valence-electron chi connectivity index (χ3n) is 2.86. The van der Waals surface area contributed by atoms with Crippen molar-refractivity contribution in [3.63, 3.8) is 0 Å². The summed E-state index contributed by atoms with van der Waals surface area (Å²) in [5, 5.41) is 12.6. The van der Waals surface area contributed by atoms with Crippen molar-refractivity contribution in [2.24, 2.45) is 0 Å². The van der Waals surface area contributed by atoms with Gasteiger partial charge in [0.1, 0.15) is 12.4 Å². The van der Waals surface area contributed by atoms with Crippen molar-refractivity contribution >= 4 is 39.1 Å². The molecule has 0 bridgehead atoms. The van der Waals surface area contributed by atoms with Gasteiger partial charge >= 0.3 is 0 Å². The summed E-state index contributed by atoms with van der Waals surface area (Å²) in [6, 6.07) is 12.7. The minimum Gasteiger partial charge on any atom is -0.484 e. The molecule has 8 heteroatoms. The van der Waals surface area contributed by atoms with E-state index in [4.69, 9.17) is 27.9 Å². The second-order valence-electron chi connectivity index (χ2n) is 4.35. The van der Waals surface area contributed by atoms with Gasteiger partial charge in [-0.3, -0.25) is 0 Å². The van der Waals surface area contributed by atoms with Crippen LogP contribution in [0.5, 0.6) is 5.75 Å². The second kappa shape index (κ2) is 6.64. The molecule has 1 aromatic heterocycles. The summed E-state index contributed by atoms with van der Waals surface area (Å²) in [7, 11) is 0. The average molecular weight is 400 g/mol. The molecule has 0 amide bonds. The minimum atomic E-state index is 0.185. The molecule has 0 saturated heterocycles. The van der Waals surface area contributed by atoms with Crippen LogP contribution in [0.1, 0.15) is 5.82 Å². The largest absolute Gasteiger partial charge is 0.484 e. The van der Waals surface area contributed by atoms with E-state index in [-0.39, 0.29) is 6.61 Å². The quantitative estimate of drug-likeness (QED) is 0.655. The van der Waals surface area contributed by atoms with Gasteiger partial charge in [-0.2, -0.15) is 4.68 Å². The number of tetrazole rings is 1. The van der Waals surface area contributed by atoms with Crippen LogP contribution < -0.4 is 4.74 Å². The molecule has 112 valence electrons. The van der Waals surface area contributed by atoms with E-state index in [0.29, 0.717) is 21.6 Å². The molecule has 0 aliphatic carbocycles. The first kappa shape index (κ1) is 15.3. The predicted octanol–water partition coefficient (Wildman–Crippen LogP) is 4.31. The normalized spacial score (nSPS) is 10.7. The Morgan fingerprint density at radius 1 is 1.09 bits per heavy atom. The molecule has 3 rings (SSSR count). The Bertz CT molecular complexity index is 792. The number of benzene rings is 2. The van der Waals surface area contributed by atoms with Crippen molar-refractivity contribution in [2.75, 3.05) is 0 Å². The summed E-state index contributed by atoms with van der Waals surface area (Å²) in [5.74, 6) is 1.09. The Kier molecular flexibility index (Phi) is 4.61. The van der Waals surface area contributed by atoms with Crippen LogP contribution in [0.2, 0.25) is 10.0 Å². The molecule has 0 spiro atoms. The lowest BCUT2D eigenvalue weighted by atomic mass is 10.3. The fourth-order valence-electron chi connectivity index (χ4n) is 1.81. The maximum Gasteiger partial charge on any atom is 0.194 e. The predicted molar refractivity (Wildman–Crippen MR) is 87.6 cm³/mol. The Morgan fingerprint density at radius 2 is 1.86 bits per heavy atom. The van der Waals surface area contributed by atoms with E-state index in [1.165, 1.54) is 0 Å². The molecule has 0 radical (unpaired) electrons. The highest BCUT2D eigenvalue weighted by atomic mass is 79.9. The molecule has 0 saturated carbocycles. The smallest absolute Gasteiger partial charge is 0.194 e. The van der Waals surface area contributed by atoms with E-state index in [1.54, 1.807) is 22.9 Å². The lowest BCUT2D eigenvalue weighted by Gasteiger charge is -2.08. The average Bonchev–Trinajstić information content (AvgIpc) is 2.95. The number of ether oxygens (including phenoxy) is 1. The van der Waals surface area contributed by atoms with Gasteiger partial charge in [-0.05, 0) is 52.9 Å². The van der Waals surface area contributed by atoms with Gasteiger partial charge in [0.25, 0.3) is 0 Å². The monoisotopic (exact) mass is 398 g/mol. The van der Waals surface area contributed by atoms with Crippen LogP contribution in [0.4, 0.5) is 0 Å². The summed E-state index contributed by atoms with van der Waals surface area (Å²) in [6.07, 6.45) is 0. The molecule has 2 aromatic carbocycles. The molecule has 0 N–H and O–H groups in total. The molecule has 22 heavy (non-hydrogen) atoms. The molecule has 0 atom stereocenters. The topological polar surface area (TPSA) is 52.8 Å². The lowest BCUT2D eigenvalue weighted by molar-refractivity contribution is 0.292. The van der Waals surface area contributed by atoms with Crippen molar-refractivity contribution in [3.05, 3.63) is 62.8 Å². The Hall–Kier alpha value is -1.63. The minimum absolute atomic E-state index is 0.185. The van der Waals surface area contributed by atoms with Crippen LogP contribution in [0.25, 0.3) is 5.69 Å². The van der Waals surface area contributed by atoms with Gasteiger partial charge < -0.3 is 4.74 Å². The van der Waals surface area contributed by atoms with E-state index in [0.717, 1.165) is 10.2 Å². The Morgan fingerprint density at radius 3 is 2.59 bits per heavy atom. The van der Waals surface area contributed by atoms with E-state index in [9.17, 15) is 0 Å². The first-order valence-electron chi connectivity index (χ1n) is 6.24. The summed E-state index contributed by atoms with van der Waals surface area (Å²) in [5.41, 5.74) is 0.842. The summed E-state index contributed by atoms with van der Waals surface area (Å²) in [4.78, 5) is 0. The van der Waals surface area contributed by atoms with Gasteiger partial charge in [0.15, 0.2) is 5.82 Å². The number of hydrogen-bond donors (Lipinski definition) is 0. The van der Waals surface area contributed by atoms with Crippen molar-refractivity contribution in [3.8, 4) is 11.4 Å². The molecule has 0 aliphatic rings. The summed E-state index contributed by atoms with van der Waals surface area (Å²) >= 11 is 15.3. The summed E-state index contributed by atoms with van der Waals surface area (Å²) in [6.45, 7) is 0.185. The highest BCUT2D eigenvalue weighted by molar-refractivity contribution is 9.10. The van der Waals surface area contributed by atoms with E-state index in [2.05, 4.69) is 31.5 Å². The number of aromatic nitrogens is 4. The van der Waals surface area contributed by atoms with Gasteiger partial charge in [0.05, 0.1) is 10.7 Å². The van der Waals surface area contributed by atoms with Gasteiger partial charge in [-0.25, -0.2) is 0 Å². The van der Waals surface area contributed by atoms with Crippen molar-refractivity contribution < 1.29 is 4.74 Å². The molecule has 5 nitrogen and oxygen atoms in total. The number of rotatable bonds is 4. The number of hydrogen-bond acceptors (Lipinski definition) is 4. The van der Waals surface area contributed by atoms with Crippen LogP contribution in [0.15, 0.2) is 46.9 Å². The molecule has 0 unspecified atom stereocenters. The van der Waals surface area contributed by atoms with Gasteiger partial charge in [0, 0.05) is 9.50 Å². The fraction of sp³-hybridized carbons (Fsp3) is 0.0714. The number of nitrogens with zero attached hydrogens (tertiary/aromatic N) is 4. The van der Waals surface area contributed by atoms with Gasteiger partial charge in [-0.1, -0.05) is 39.1 Å². The zero-order valence-corrected chi connectivity index (χ0v) is 14.2. The highest BCUT2D eigenvalue weighted by Crippen LogP contribution is 2.28. The second-order valence-corrected chi connectivity index (χ2v) is 6.11.